The SMILES string of the molecule is O=C(c1c[nH]c(=O)[nH]1)N1CCN(C(=O)C2[C@H]3CCCC[C@H]23)CC1. The Balaban J connectivity index is 1.33. The van der Waals surface area contributed by atoms with Gasteiger partial charge in [0.15, 0.2) is 0 Å². The molecule has 2 heterocycles. The Hall–Kier alpha value is -2.05. The maximum atomic E-state index is 12.6. The molecule has 1 aromatic rings. The van der Waals surface area contributed by atoms with Crippen molar-refractivity contribution in [1.29, 1.82) is 0 Å². The van der Waals surface area contributed by atoms with E-state index in [4.69, 9.17) is 0 Å². The van der Waals surface area contributed by atoms with Gasteiger partial charge in [0.05, 0.1) is 0 Å². The molecule has 2 aliphatic carbocycles. The predicted molar refractivity (Wildman–Crippen MR) is 82.8 cm³/mol. The van der Waals surface area contributed by atoms with Gasteiger partial charge in [0.2, 0.25) is 5.91 Å². The van der Waals surface area contributed by atoms with Crippen molar-refractivity contribution in [2.45, 2.75) is 25.7 Å². The summed E-state index contributed by atoms with van der Waals surface area (Å²) in [5, 5.41) is 0. The zero-order chi connectivity index (χ0) is 16.0. The first-order valence-corrected chi connectivity index (χ1v) is 8.51. The summed E-state index contributed by atoms with van der Waals surface area (Å²) in [5.41, 5.74) is -0.0958. The third-order valence-electron chi connectivity index (χ3n) is 5.65. The number of carbonyl (C=O) groups is 2. The van der Waals surface area contributed by atoms with Crippen molar-refractivity contribution in [2.24, 2.45) is 17.8 Å². The topological polar surface area (TPSA) is 89.3 Å². The minimum atomic E-state index is -0.376. The van der Waals surface area contributed by atoms with Crippen LogP contribution in [0.2, 0.25) is 0 Å². The molecule has 1 saturated heterocycles. The van der Waals surface area contributed by atoms with Gasteiger partial charge in [0.25, 0.3) is 5.91 Å². The number of hydrogen-bond donors (Lipinski definition) is 2. The molecule has 23 heavy (non-hydrogen) atoms. The summed E-state index contributed by atoms with van der Waals surface area (Å²) in [7, 11) is 0. The van der Waals surface area contributed by atoms with Crippen molar-refractivity contribution in [3.63, 3.8) is 0 Å². The van der Waals surface area contributed by atoms with Gasteiger partial charge in [0.1, 0.15) is 5.69 Å². The monoisotopic (exact) mass is 318 g/mol. The molecule has 2 atom stereocenters. The molecule has 1 aliphatic heterocycles. The number of aromatic amines is 2. The van der Waals surface area contributed by atoms with Crippen LogP contribution in [0.3, 0.4) is 0 Å². The summed E-state index contributed by atoms with van der Waals surface area (Å²) in [6, 6.07) is 0. The number of amides is 2. The Morgan fingerprint density at radius 3 is 2.17 bits per heavy atom. The van der Waals surface area contributed by atoms with E-state index in [9.17, 15) is 14.4 Å². The number of rotatable bonds is 2. The molecule has 0 unspecified atom stereocenters. The lowest BCUT2D eigenvalue weighted by molar-refractivity contribution is -0.134. The van der Waals surface area contributed by atoms with E-state index in [0.717, 1.165) is 0 Å². The number of hydrogen-bond acceptors (Lipinski definition) is 3. The van der Waals surface area contributed by atoms with Crippen LogP contribution in [-0.4, -0.2) is 57.8 Å². The van der Waals surface area contributed by atoms with Crippen molar-refractivity contribution in [3.8, 4) is 0 Å². The summed E-state index contributed by atoms with van der Waals surface area (Å²) >= 11 is 0. The molecule has 2 amide bonds. The molecule has 3 aliphatic rings. The van der Waals surface area contributed by atoms with E-state index >= 15 is 0 Å². The van der Waals surface area contributed by atoms with Crippen LogP contribution in [0.1, 0.15) is 36.2 Å². The van der Waals surface area contributed by atoms with Crippen LogP contribution < -0.4 is 5.69 Å². The lowest BCUT2D eigenvalue weighted by Crippen LogP contribution is -2.51. The van der Waals surface area contributed by atoms with Crippen LogP contribution in [0.4, 0.5) is 0 Å². The summed E-state index contributed by atoms with van der Waals surface area (Å²) in [6.07, 6.45) is 6.35. The van der Waals surface area contributed by atoms with Gasteiger partial charge < -0.3 is 19.8 Å². The first-order chi connectivity index (χ1) is 11.1. The van der Waals surface area contributed by atoms with Crippen LogP contribution in [0.25, 0.3) is 0 Å². The van der Waals surface area contributed by atoms with Crippen molar-refractivity contribution < 1.29 is 9.59 Å². The van der Waals surface area contributed by atoms with Gasteiger partial charge in [-0.05, 0) is 24.7 Å². The highest BCUT2D eigenvalue weighted by atomic mass is 16.2. The van der Waals surface area contributed by atoms with E-state index in [-0.39, 0.29) is 23.2 Å². The molecule has 7 heteroatoms. The van der Waals surface area contributed by atoms with Crippen LogP contribution >= 0.6 is 0 Å². The van der Waals surface area contributed by atoms with E-state index in [2.05, 4.69) is 9.97 Å². The van der Waals surface area contributed by atoms with Gasteiger partial charge in [-0.15, -0.1) is 0 Å². The van der Waals surface area contributed by atoms with Crippen molar-refractivity contribution in [2.75, 3.05) is 26.2 Å². The van der Waals surface area contributed by atoms with Crippen LogP contribution in [0.15, 0.2) is 11.0 Å². The van der Waals surface area contributed by atoms with Crippen molar-refractivity contribution >= 4 is 11.8 Å². The second-order valence-corrected chi connectivity index (χ2v) is 6.91. The number of nitrogens with zero attached hydrogens (tertiary/aromatic N) is 2. The van der Waals surface area contributed by atoms with E-state index in [1.165, 1.54) is 31.9 Å². The number of nitrogens with one attached hydrogen (secondary N) is 2. The van der Waals surface area contributed by atoms with E-state index in [1.54, 1.807) is 4.90 Å². The fourth-order valence-electron chi connectivity index (χ4n) is 4.32. The Morgan fingerprint density at radius 2 is 1.61 bits per heavy atom. The summed E-state index contributed by atoms with van der Waals surface area (Å²) in [6.45, 7) is 2.24. The van der Waals surface area contributed by atoms with Gasteiger partial charge in [-0.3, -0.25) is 9.59 Å². The van der Waals surface area contributed by atoms with Gasteiger partial charge in [-0.1, -0.05) is 12.8 Å². The number of piperazine rings is 1. The third kappa shape index (κ3) is 2.58. The number of imidazole rings is 1. The van der Waals surface area contributed by atoms with Gasteiger partial charge in [0, 0.05) is 38.3 Å². The Bertz CT molecular complexity index is 659. The largest absolute Gasteiger partial charge is 0.339 e. The molecule has 2 saturated carbocycles. The van der Waals surface area contributed by atoms with Crippen molar-refractivity contribution in [1.82, 2.24) is 19.8 Å². The molecule has 1 aromatic heterocycles. The average Bonchev–Trinajstić information content (AvgIpc) is 3.16. The van der Waals surface area contributed by atoms with Crippen LogP contribution in [0.5, 0.6) is 0 Å². The molecule has 4 rings (SSSR count). The van der Waals surface area contributed by atoms with Gasteiger partial charge in [-0.2, -0.15) is 0 Å². The molecular weight excluding hydrogens is 296 g/mol. The average molecular weight is 318 g/mol. The normalized spacial score (nSPS) is 30.0. The summed E-state index contributed by atoms with van der Waals surface area (Å²) in [4.78, 5) is 44.6. The first kappa shape index (κ1) is 14.5. The Morgan fingerprint density at radius 1 is 1.00 bits per heavy atom. The molecule has 2 N–H and O–H groups in total. The lowest BCUT2D eigenvalue weighted by Gasteiger charge is -2.34. The predicted octanol–water partition coefficient (Wildman–Crippen LogP) is 0.424. The third-order valence-corrected chi connectivity index (χ3v) is 5.65. The van der Waals surface area contributed by atoms with Gasteiger partial charge in [-0.25, -0.2) is 4.79 Å². The Kier molecular flexibility index (Phi) is 3.50. The number of carbonyl (C=O) groups excluding carboxylic acids is 2. The Labute approximate surface area is 134 Å². The molecule has 7 nitrogen and oxygen atoms in total. The molecule has 0 spiro atoms. The molecule has 3 fully saturated rings. The maximum absolute atomic E-state index is 12.6. The highest BCUT2D eigenvalue weighted by Gasteiger charge is 2.55. The smallest absolute Gasteiger partial charge is 0.323 e. The fraction of sp³-hybridized carbons (Fsp3) is 0.688. The number of fused-ring (bicyclic) bond motifs is 1. The van der Waals surface area contributed by atoms with E-state index in [1.807, 2.05) is 4.90 Å². The summed E-state index contributed by atoms with van der Waals surface area (Å²) < 4.78 is 0. The highest BCUT2D eigenvalue weighted by molar-refractivity contribution is 5.92. The molecule has 124 valence electrons. The maximum Gasteiger partial charge on any atom is 0.323 e. The van der Waals surface area contributed by atoms with Gasteiger partial charge >= 0.3 is 5.69 Å². The minimum absolute atomic E-state index is 0.185. The quantitative estimate of drug-likeness (QED) is 0.828. The highest BCUT2D eigenvalue weighted by Crippen LogP contribution is 2.56. The fourth-order valence-corrected chi connectivity index (χ4v) is 4.32. The first-order valence-electron chi connectivity index (χ1n) is 8.51. The zero-order valence-corrected chi connectivity index (χ0v) is 13.1. The molecular formula is C16H22N4O3. The van der Waals surface area contributed by atoms with Crippen LogP contribution in [0, 0.1) is 17.8 Å². The van der Waals surface area contributed by atoms with E-state index < -0.39 is 0 Å². The van der Waals surface area contributed by atoms with Crippen LogP contribution in [-0.2, 0) is 4.79 Å². The standard InChI is InChI=1S/C16H22N4O3/c21-14(12-9-17-16(23)18-12)19-5-7-20(8-6-19)15(22)13-10-3-1-2-4-11(10)13/h9-11,13H,1-8H2,(H2,17,18,23)/t10-,11-/m0/s1. The molecule has 0 aromatic carbocycles. The second-order valence-electron chi connectivity index (χ2n) is 6.91. The number of aromatic nitrogens is 2. The molecule has 0 bridgehead atoms. The van der Waals surface area contributed by atoms with E-state index in [0.29, 0.717) is 43.9 Å². The minimum Gasteiger partial charge on any atom is -0.339 e. The van der Waals surface area contributed by atoms with Crippen molar-refractivity contribution in [3.05, 3.63) is 22.4 Å². The second kappa shape index (κ2) is 5.54. The number of H-pyrrole nitrogens is 2. The molecule has 0 radical (unpaired) electrons. The summed E-state index contributed by atoms with van der Waals surface area (Å²) in [5.74, 6) is 1.61. The lowest BCUT2D eigenvalue weighted by atomic mass is 10.0. The zero-order valence-electron chi connectivity index (χ0n) is 13.1.